The van der Waals surface area contributed by atoms with E-state index in [1.54, 1.807) is 12.1 Å². The monoisotopic (exact) mass is 406 g/mol. The normalized spacial score (nSPS) is 12.3. The molecular formula is C16H14BrCl3O. The number of ether oxygens (including phenoxy) is 1. The molecule has 0 amide bonds. The topological polar surface area (TPSA) is 9.23 Å². The second kappa shape index (κ2) is 7.23. The first-order chi connectivity index (χ1) is 9.95. The van der Waals surface area contributed by atoms with E-state index in [-0.39, 0.29) is 5.38 Å². The van der Waals surface area contributed by atoms with Crippen molar-refractivity contribution in [3.63, 3.8) is 0 Å². The molecule has 0 bridgehead atoms. The van der Waals surface area contributed by atoms with Crippen LogP contribution in [0.2, 0.25) is 10.0 Å². The molecule has 1 atom stereocenters. The molecule has 0 N–H and O–H groups in total. The first kappa shape index (κ1) is 17.0. The van der Waals surface area contributed by atoms with Crippen molar-refractivity contribution in [2.45, 2.75) is 19.2 Å². The molecule has 0 fully saturated rings. The Morgan fingerprint density at radius 3 is 2.52 bits per heavy atom. The summed E-state index contributed by atoms with van der Waals surface area (Å²) in [5.74, 6) is 0.572. The van der Waals surface area contributed by atoms with Crippen molar-refractivity contribution in [3.8, 4) is 5.75 Å². The number of rotatable bonds is 4. The van der Waals surface area contributed by atoms with Crippen LogP contribution >= 0.6 is 50.7 Å². The van der Waals surface area contributed by atoms with Gasteiger partial charge in [-0.15, -0.1) is 11.6 Å². The molecule has 0 spiro atoms. The van der Waals surface area contributed by atoms with Crippen LogP contribution in [0.4, 0.5) is 0 Å². The van der Waals surface area contributed by atoms with Crippen molar-refractivity contribution < 1.29 is 4.74 Å². The maximum atomic E-state index is 6.61. The van der Waals surface area contributed by atoms with Crippen molar-refractivity contribution in [2.75, 3.05) is 6.61 Å². The van der Waals surface area contributed by atoms with Crippen molar-refractivity contribution in [3.05, 3.63) is 61.5 Å². The lowest BCUT2D eigenvalue weighted by atomic mass is 10.00. The second-order valence-electron chi connectivity index (χ2n) is 4.55. The Hall–Kier alpha value is -0.410. The van der Waals surface area contributed by atoms with E-state index in [0.29, 0.717) is 22.4 Å². The summed E-state index contributed by atoms with van der Waals surface area (Å²) < 4.78 is 6.45. The molecule has 0 heterocycles. The van der Waals surface area contributed by atoms with Gasteiger partial charge in [0.05, 0.1) is 17.0 Å². The Bertz CT molecular complexity index is 658. The highest BCUT2D eigenvalue weighted by atomic mass is 79.9. The summed E-state index contributed by atoms with van der Waals surface area (Å²) in [5.41, 5.74) is 2.85. The van der Waals surface area contributed by atoms with Gasteiger partial charge in [-0.25, -0.2) is 0 Å². The molecule has 1 nitrogen and oxygen atoms in total. The van der Waals surface area contributed by atoms with Gasteiger partial charge in [-0.1, -0.05) is 51.3 Å². The van der Waals surface area contributed by atoms with Gasteiger partial charge in [0.25, 0.3) is 0 Å². The first-order valence-corrected chi connectivity index (χ1v) is 8.45. The Morgan fingerprint density at radius 1 is 1.14 bits per heavy atom. The Labute approximate surface area is 148 Å². The summed E-state index contributed by atoms with van der Waals surface area (Å²) in [5, 5.41) is 0.681. The summed E-state index contributed by atoms with van der Waals surface area (Å²) in [7, 11) is 0. The molecule has 2 aromatic rings. The fraction of sp³-hybridized carbons (Fsp3) is 0.250. The van der Waals surface area contributed by atoms with Crippen LogP contribution in [0, 0.1) is 6.92 Å². The second-order valence-corrected chi connectivity index (χ2v) is 6.66. The summed E-state index contributed by atoms with van der Waals surface area (Å²) in [6.07, 6.45) is 0. The molecule has 1 unspecified atom stereocenters. The summed E-state index contributed by atoms with van der Waals surface area (Å²) in [4.78, 5) is 0. The van der Waals surface area contributed by atoms with Crippen LogP contribution in [0.5, 0.6) is 5.75 Å². The Morgan fingerprint density at radius 2 is 1.86 bits per heavy atom. The van der Waals surface area contributed by atoms with Gasteiger partial charge in [-0.3, -0.25) is 0 Å². The lowest BCUT2D eigenvalue weighted by molar-refractivity contribution is 0.340. The molecule has 112 valence electrons. The third-order valence-corrected chi connectivity index (χ3v) is 5.16. The van der Waals surface area contributed by atoms with Crippen LogP contribution in [-0.4, -0.2) is 6.61 Å². The molecule has 5 heteroatoms. The van der Waals surface area contributed by atoms with Gasteiger partial charge >= 0.3 is 0 Å². The van der Waals surface area contributed by atoms with Gasteiger partial charge in [0.1, 0.15) is 5.75 Å². The van der Waals surface area contributed by atoms with E-state index in [1.165, 1.54) is 0 Å². The Kier molecular flexibility index (Phi) is 5.84. The minimum absolute atomic E-state index is 0.372. The van der Waals surface area contributed by atoms with Gasteiger partial charge < -0.3 is 4.74 Å². The molecule has 0 aliphatic rings. The van der Waals surface area contributed by atoms with Gasteiger partial charge in [-0.2, -0.15) is 0 Å². The predicted molar refractivity (Wildman–Crippen MR) is 94.2 cm³/mol. The molecule has 21 heavy (non-hydrogen) atoms. The van der Waals surface area contributed by atoms with Gasteiger partial charge in [0.2, 0.25) is 0 Å². The molecule has 0 aliphatic carbocycles. The lowest BCUT2D eigenvalue weighted by Gasteiger charge is -2.17. The number of halogens is 4. The summed E-state index contributed by atoms with van der Waals surface area (Å²) >= 11 is 22.7. The SMILES string of the molecule is CCOc1cc(Cl)c(C(Cl)c2cccc(Br)c2C)cc1Cl. The van der Waals surface area contributed by atoms with Crippen molar-refractivity contribution in [2.24, 2.45) is 0 Å². The quantitative estimate of drug-likeness (QED) is 0.506. The molecule has 2 rings (SSSR count). The minimum atomic E-state index is -0.372. The smallest absolute Gasteiger partial charge is 0.139 e. The van der Waals surface area contributed by atoms with Crippen LogP contribution in [0.1, 0.15) is 29.0 Å². The molecular weight excluding hydrogens is 394 g/mol. The van der Waals surface area contributed by atoms with Crippen molar-refractivity contribution in [1.82, 2.24) is 0 Å². The molecule has 0 saturated carbocycles. The molecule has 2 aromatic carbocycles. The molecule has 0 aromatic heterocycles. The van der Waals surface area contributed by atoms with E-state index in [2.05, 4.69) is 15.9 Å². The third-order valence-electron chi connectivity index (χ3n) is 3.21. The number of alkyl halides is 1. The standard InChI is InChI=1S/C16H14BrCl3O/c1-3-21-15-8-13(18)11(7-14(15)19)16(20)10-5-4-6-12(17)9(10)2/h4-8,16H,3H2,1-2H3. The van der Waals surface area contributed by atoms with E-state index in [9.17, 15) is 0 Å². The largest absolute Gasteiger partial charge is 0.492 e. The minimum Gasteiger partial charge on any atom is -0.492 e. The van der Waals surface area contributed by atoms with Crippen LogP contribution in [-0.2, 0) is 0 Å². The van der Waals surface area contributed by atoms with E-state index >= 15 is 0 Å². The first-order valence-electron chi connectivity index (χ1n) is 6.46. The maximum Gasteiger partial charge on any atom is 0.139 e. The molecule has 0 radical (unpaired) electrons. The fourth-order valence-corrected chi connectivity index (χ4v) is 3.41. The average molecular weight is 409 g/mol. The van der Waals surface area contributed by atoms with Gasteiger partial charge in [0.15, 0.2) is 0 Å². The predicted octanol–water partition coefficient (Wildman–Crippen LogP) is 6.79. The van der Waals surface area contributed by atoms with Gasteiger partial charge in [0, 0.05) is 15.6 Å². The van der Waals surface area contributed by atoms with E-state index in [1.807, 2.05) is 32.0 Å². The number of hydrogen-bond donors (Lipinski definition) is 0. The van der Waals surface area contributed by atoms with E-state index in [0.717, 1.165) is 21.2 Å². The zero-order valence-electron chi connectivity index (χ0n) is 11.6. The number of hydrogen-bond acceptors (Lipinski definition) is 1. The zero-order chi connectivity index (χ0) is 15.6. The fourth-order valence-electron chi connectivity index (χ4n) is 2.07. The highest BCUT2D eigenvalue weighted by Gasteiger charge is 2.19. The van der Waals surface area contributed by atoms with Crippen LogP contribution < -0.4 is 4.74 Å². The number of benzene rings is 2. The van der Waals surface area contributed by atoms with Crippen molar-refractivity contribution >= 4 is 50.7 Å². The highest BCUT2D eigenvalue weighted by Crippen LogP contribution is 2.41. The highest BCUT2D eigenvalue weighted by molar-refractivity contribution is 9.10. The van der Waals surface area contributed by atoms with E-state index in [4.69, 9.17) is 39.5 Å². The average Bonchev–Trinajstić information content (AvgIpc) is 2.45. The zero-order valence-corrected chi connectivity index (χ0v) is 15.4. The maximum absolute atomic E-state index is 6.61. The summed E-state index contributed by atoms with van der Waals surface area (Å²) in [6, 6.07) is 9.40. The van der Waals surface area contributed by atoms with Gasteiger partial charge in [-0.05, 0) is 42.7 Å². The van der Waals surface area contributed by atoms with Crippen molar-refractivity contribution in [1.29, 1.82) is 0 Å². The third kappa shape index (κ3) is 3.68. The van der Waals surface area contributed by atoms with Crippen LogP contribution in [0.15, 0.2) is 34.8 Å². The molecule has 0 saturated heterocycles. The van der Waals surface area contributed by atoms with E-state index < -0.39 is 0 Å². The van der Waals surface area contributed by atoms with Crippen LogP contribution in [0.3, 0.4) is 0 Å². The lowest BCUT2D eigenvalue weighted by Crippen LogP contribution is -2.00. The molecule has 0 aliphatic heterocycles. The summed E-state index contributed by atoms with van der Waals surface area (Å²) in [6.45, 7) is 4.44. The Balaban J connectivity index is 2.46. The van der Waals surface area contributed by atoms with Crippen LogP contribution in [0.25, 0.3) is 0 Å².